The second kappa shape index (κ2) is 7.69. The van der Waals surface area contributed by atoms with Crippen LogP contribution in [0.3, 0.4) is 0 Å². The molecule has 0 bridgehead atoms. The molecule has 0 aliphatic carbocycles. The van der Waals surface area contributed by atoms with Crippen LogP contribution in [0.25, 0.3) is 0 Å². The van der Waals surface area contributed by atoms with Crippen LogP contribution in [0.5, 0.6) is 5.88 Å². The number of pyridine rings is 2. The van der Waals surface area contributed by atoms with Crippen molar-refractivity contribution < 1.29 is 14.3 Å². The zero-order valence-corrected chi connectivity index (χ0v) is 12.8. The molecule has 3 heterocycles. The van der Waals surface area contributed by atoms with E-state index in [2.05, 4.69) is 15.3 Å². The first-order chi connectivity index (χ1) is 11.3. The van der Waals surface area contributed by atoms with Gasteiger partial charge in [-0.05, 0) is 23.8 Å². The Labute approximate surface area is 134 Å². The van der Waals surface area contributed by atoms with E-state index in [0.717, 1.165) is 31.6 Å². The van der Waals surface area contributed by atoms with Crippen molar-refractivity contribution in [3.63, 3.8) is 0 Å². The number of amides is 1. The van der Waals surface area contributed by atoms with Crippen LogP contribution in [0.1, 0.15) is 28.8 Å². The minimum atomic E-state index is -0.160. The van der Waals surface area contributed by atoms with Gasteiger partial charge in [0.15, 0.2) is 0 Å². The van der Waals surface area contributed by atoms with Gasteiger partial charge in [-0.15, -0.1) is 0 Å². The van der Waals surface area contributed by atoms with Crippen molar-refractivity contribution in [1.29, 1.82) is 0 Å². The van der Waals surface area contributed by atoms with Gasteiger partial charge in [-0.25, -0.2) is 4.98 Å². The maximum Gasteiger partial charge on any atom is 0.253 e. The van der Waals surface area contributed by atoms with E-state index in [1.54, 1.807) is 24.5 Å². The highest BCUT2D eigenvalue weighted by Crippen LogP contribution is 2.16. The van der Waals surface area contributed by atoms with Gasteiger partial charge in [-0.2, -0.15) is 0 Å². The van der Waals surface area contributed by atoms with E-state index >= 15 is 0 Å². The maximum absolute atomic E-state index is 12.1. The van der Waals surface area contributed by atoms with Gasteiger partial charge in [0.25, 0.3) is 5.91 Å². The fraction of sp³-hybridized carbons (Fsp3) is 0.353. The zero-order valence-electron chi connectivity index (χ0n) is 12.8. The number of aromatic nitrogens is 2. The largest absolute Gasteiger partial charge is 0.474 e. The monoisotopic (exact) mass is 313 g/mol. The van der Waals surface area contributed by atoms with Crippen molar-refractivity contribution in [3.8, 4) is 5.88 Å². The standard InChI is InChI=1S/C17H19N3O3/c21-17(20-11-13-3-7-18-8-4-13)14-1-2-16(19-12-14)23-15-5-9-22-10-6-15/h1-4,7-8,12,15H,5-6,9-11H2,(H,20,21). The molecular weight excluding hydrogens is 294 g/mol. The van der Waals surface area contributed by atoms with Gasteiger partial charge in [0.2, 0.25) is 5.88 Å². The van der Waals surface area contributed by atoms with E-state index in [1.807, 2.05) is 12.1 Å². The Balaban J connectivity index is 1.52. The van der Waals surface area contributed by atoms with Gasteiger partial charge in [0.1, 0.15) is 6.10 Å². The third-order valence-electron chi connectivity index (χ3n) is 3.66. The Morgan fingerprint density at radius 3 is 2.70 bits per heavy atom. The SMILES string of the molecule is O=C(NCc1ccncc1)c1ccc(OC2CCOCC2)nc1. The topological polar surface area (TPSA) is 73.3 Å². The molecule has 3 rings (SSSR count). The number of hydrogen-bond acceptors (Lipinski definition) is 5. The van der Waals surface area contributed by atoms with Crippen LogP contribution in [0, 0.1) is 0 Å². The number of rotatable bonds is 5. The Morgan fingerprint density at radius 1 is 1.22 bits per heavy atom. The van der Waals surface area contributed by atoms with E-state index in [0.29, 0.717) is 18.0 Å². The number of ether oxygens (including phenoxy) is 2. The molecule has 0 spiro atoms. The van der Waals surface area contributed by atoms with Crippen LogP contribution in [0.2, 0.25) is 0 Å². The van der Waals surface area contributed by atoms with Crippen molar-refractivity contribution >= 4 is 5.91 Å². The van der Waals surface area contributed by atoms with Crippen molar-refractivity contribution in [2.24, 2.45) is 0 Å². The molecule has 0 saturated carbocycles. The van der Waals surface area contributed by atoms with Crippen molar-refractivity contribution in [2.75, 3.05) is 13.2 Å². The smallest absolute Gasteiger partial charge is 0.253 e. The van der Waals surface area contributed by atoms with Crippen LogP contribution in [0.15, 0.2) is 42.9 Å². The average Bonchev–Trinajstić information content (AvgIpc) is 2.62. The van der Waals surface area contributed by atoms with Crippen molar-refractivity contribution in [3.05, 3.63) is 54.0 Å². The summed E-state index contributed by atoms with van der Waals surface area (Å²) < 4.78 is 11.1. The Kier molecular flexibility index (Phi) is 5.16. The van der Waals surface area contributed by atoms with E-state index in [4.69, 9.17) is 9.47 Å². The molecule has 0 radical (unpaired) electrons. The lowest BCUT2D eigenvalue weighted by Gasteiger charge is -2.22. The Morgan fingerprint density at radius 2 is 2.00 bits per heavy atom. The van der Waals surface area contributed by atoms with E-state index in [1.165, 1.54) is 6.20 Å². The first kappa shape index (κ1) is 15.4. The molecule has 1 aliphatic heterocycles. The van der Waals surface area contributed by atoms with Gasteiger partial charge < -0.3 is 14.8 Å². The summed E-state index contributed by atoms with van der Waals surface area (Å²) in [5.74, 6) is 0.384. The van der Waals surface area contributed by atoms with Crippen LogP contribution < -0.4 is 10.1 Å². The number of nitrogens with one attached hydrogen (secondary N) is 1. The lowest BCUT2D eigenvalue weighted by molar-refractivity contribution is 0.0237. The second-order valence-electron chi connectivity index (χ2n) is 5.35. The first-order valence-electron chi connectivity index (χ1n) is 7.69. The number of hydrogen-bond donors (Lipinski definition) is 1. The lowest BCUT2D eigenvalue weighted by Crippen LogP contribution is -2.26. The maximum atomic E-state index is 12.1. The molecule has 2 aromatic rings. The number of nitrogens with zero attached hydrogens (tertiary/aromatic N) is 2. The summed E-state index contributed by atoms with van der Waals surface area (Å²) in [5.41, 5.74) is 1.51. The predicted octanol–water partition coefficient (Wildman–Crippen LogP) is 1.96. The summed E-state index contributed by atoms with van der Waals surface area (Å²) in [6, 6.07) is 7.19. The van der Waals surface area contributed by atoms with Crippen LogP contribution in [0.4, 0.5) is 0 Å². The third-order valence-corrected chi connectivity index (χ3v) is 3.66. The summed E-state index contributed by atoms with van der Waals surface area (Å²) in [6.07, 6.45) is 6.82. The molecule has 0 atom stereocenters. The zero-order chi connectivity index (χ0) is 15.9. The minimum Gasteiger partial charge on any atom is -0.474 e. The fourth-order valence-electron chi connectivity index (χ4n) is 2.33. The van der Waals surface area contributed by atoms with Crippen LogP contribution in [-0.2, 0) is 11.3 Å². The molecule has 0 aromatic carbocycles. The fourth-order valence-corrected chi connectivity index (χ4v) is 2.33. The van der Waals surface area contributed by atoms with Gasteiger partial charge >= 0.3 is 0 Å². The second-order valence-corrected chi connectivity index (χ2v) is 5.35. The number of carbonyl (C=O) groups is 1. The van der Waals surface area contributed by atoms with Crippen molar-refractivity contribution in [1.82, 2.24) is 15.3 Å². The normalized spacial score (nSPS) is 15.1. The molecule has 6 nitrogen and oxygen atoms in total. The van der Waals surface area contributed by atoms with Crippen LogP contribution in [-0.4, -0.2) is 35.2 Å². The molecule has 6 heteroatoms. The van der Waals surface area contributed by atoms with Crippen molar-refractivity contribution in [2.45, 2.75) is 25.5 Å². The minimum absolute atomic E-state index is 0.141. The molecule has 1 aliphatic rings. The van der Waals surface area contributed by atoms with E-state index in [9.17, 15) is 4.79 Å². The molecular formula is C17H19N3O3. The lowest BCUT2D eigenvalue weighted by atomic mass is 10.1. The summed E-state index contributed by atoms with van der Waals surface area (Å²) in [6.45, 7) is 1.90. The van der Waals surface area contributed by atoms with Gasteiger partial charge in [-0.1, -0.05) is 0 Å². The quantitative estimate of drug-likeness (QED) is 0.913. The average molecular weight is 313 g/mol. The summed E-state index contributed by atoms with van der Waals surface area (Å²) in [7, 11) is 0. The van der Waals surface area contributed by atoms with E-state index < -0.39 is 0 Å². The van der Waals surface area contributed by atoms with E-state index in [-0.39, 0.29) is 12.0 Å². The summed E-state index contributed by atoms with van der Waals surface area (Å²) in [5, 5.41) is 2.85. The number of carbonyl (C=O) groups excluding carboxylic acids is 1. The Bertz CT molecular complexity index is 625. The molecule has 1 N–H and O–H groups in total. The molecule has 120 valence electrons. The van der Waals surface area contributed by atoms with Gasteiger partial charge in [0, 0.05) is 44.0 Å². The molecule has 23 heavy (non-hydrogen) atoms. The molecule has 0 unspecified atom stereocenters. The predicted molar refractivity (Wildman–Crippen MR) is 84.1 cm³/mol. The highest BCUT2D eigenvalue weighted by molar-refractivity contribution is 5.93. The highest BCUT2D eigenvalue weighted by atomic mass is 16.5. The van der Waals surface area contributed by atoms with Gasteiger partial charge in [0.05, 0.1) is 18.8 Å². The Hall–Kier alpha value is -2.47. The molecule has 1 fully saturated rings. The first-order valence-corrected chi connectivity index (χ1v) is 7.69. The molecule has 2 aromatic heterocycles. The third kappa shape index (κ3) is 4.50. The summed E-state index contributed by atoms with van der Waals surface area (Å²) in [4.78, 5) is 20.3. The van der Waals surface area contributed by atoms with Crippen LogP contribution >= 0.6 is 0 Å². The molecule has 1 amide bonds. The summed E-state index contributed by atoms with van der Waals surface area (Å²) >= 11 is 0. The molecule has 1 saturated heterocycles. The highest BCUT2D eigenvalue weighted by Gasteiger charge is 2.16. The van der Waals surface area contributed by atoms with Gasteiger partial charge in [-0.3, -0.25) is 9.78 Å².